The number of carbonyl (C=O) groups is 1. The predicted molar refractivity (Wildman–Crippen MR) is 82.9 cm³/mol. The number of carbonyl (C=O) groups excluding carboxylic acids is 1. The molecule has 0 spiro atoms. The molecule has 8 heteroatoms. The Bertz CT molecular complexity index is 734. The molecule has 0 aliphatic heterocycles. The van der Waals surface area contributed by atoms with Crippen LogP contribution < -0.4 is 0 Å². The van der Waals surface area contributed by atoms with Crippen LogP contribution in [0.5, 0.6) is 0 Å². The SMILES string of the molecule is C[C@H](OC(=O)C1CCCC1)c1nnc(-c2ccc([N+](=O)[O-])cc2)o1. The smallest absolute Gasteiger partial charge is 0.309 e. The number of nitro benzene ring substituents is 1. The van der Waals surface area contributed by atoms with Crippen molar-refractivity contribution in [3.8, 4) is 11.5 Å². The number of esters is 1. The number of nitro groups is 1. The van der Waals surface area contributed by atoms with Crippen molar-refractivity contribution in [1.29, 1.82) is 0 Å². The van der Waals surface area contributed by atoms with Gasteiger partial charge < -0.3 is 9.15 Å². The summed E-state index contributed by atoms with van der Waals surface area (Å²) in [4.78, 5) is 22.2. The van der Waals surface area contributed by atoms with Gasteiger partial charge in [0.25, 0.3) is 11.6 Å². The fourth-order valence-electron chi connectivity index (χ4n) is 2.72. The lowest BCUT2D eigenvalue weighted by atomic mass is 10.1. The number of nitrogens with zero attached hydrogens (tertiary/aromatic N) is 3. The molecule has 1 saturated carbocycles. The Morgan fingerprint density at radius 1 is 1.29 bits per heavy atom. The van der Waals surface area contributed by atoms with Crippen LogP contribution >= 0.6 is 0 Å². The molecule has 2 aromatic rings. The molecule has 0 N–H and O–H groups in total. The Morgan fingerprint density at radius 2 is 1.96 bits per heavy atom. The second kappa shape index (κ2) is 6.77. The third kappa shape index (κ3) is 3.42. The minimum atomic E-state index is -0.627. The van der Waals surface area contributed by atoms with Crippen LogP contribution in [0.3, 0.4) is 0 Å². The molecule has 3 rings (SSSR count). The van der Waals surface area contributed by atoms with E-state index >= 15 is 0 Å². The average Bonchev–Trinajstić information content (AvgIpc) is 3.26. The maximum Gasteiger partial charge on any atom is 0.309 e. The minimum Gasteiger partial charge on any atom is -0.452 e. The number of non-ortho nitro benzene ring substituents is 1. The van der Waals surface area contributed by atoms with E-state index in [1.165, 1.54) is 24.3 Å². The molecule has 1 atom stereocenters. The van der Waals surface area contributed by atoms with Gasteiger partial charge in [0, 0.05) is 17.7 Å². The number of ether oxygens (including phenoxy) is 1. The van der Waals surface area contributed by atoms with Crippen molar-refractivity contribution in [3.05, 3.63) is 40.3 Å². The summed E-state index contributed by atoms with van der Waals surface area (Å²) >= 11 is 0. The van der Waals surface area contributed by atoms with Crippen molar-refractivity contribution in [2.75, 3.05) is 0 Å². The molecular formula is C16H17N3O5. The molecule has 1 aromatic heterocycles. The molecule has 1 aliphatic rings. The summed E-state index contributed by atoms with van der Waals surface area (Å²) in [6.07, 6.45) is 3.21. The van der Waals surface area contributed by atoms with E-state index in [4.69, 9.17) is 9.15 Å². The van der Waals surface area contributed by atoms with Crippen LogP contribution in [-0.4, -0.2) is 21.1 Å². The van der Waals surface area contributed by atoms with Crippen molar-refractivity contribution < 1.29 is 18.9 Å². The summed E-state index contributed by atoms with van der Waals surface area (Å²) < 4.78 is 10.9. The van der Waals surface area contributed by atoms with Crippen LogP contribution in [0.1, 0.15) is 44.6 Å². The van der Waals surface area contributed by atoms with Gasteiger partial charge in [0.2, 0.25) is 5.89 Å². The molecule has 0 saturated heterocycles. The number of benzene rings is 1. The number of hydrogen-bond donors (Lipinski definition) is 0. The summed E-state index contributed by atoms with van der Waals surface area (Å²) in [6, 6.07) is 5.79. The largest absolute Gasteiger partial charge is 0.452 e. The summed E-state index contributed by atoms with van der Waals surface area (Å²) in [6.45, 7) is 1.68. The van der Waals surface area contributed by atoms with E-state index in [2.05, 4.69) is 10.2 Å². The molecule has 1 fully saturated rings. The summed E-state index contributed by atoms with van der Waals surface area (Å²) in [5.74, 6) is 0.165. The first-order valence-corrected chi connectivity index (χ1v) is 7.83. The van der Waals surface area contributed by atoms with E-state index in [0.717, 1.165) is 25.7 Å². The van der Waals surface area contributed by atoms with Crippen LogP contribution in [0.25, 0.3) is 11.5 Å². The zero-order chi connectivity index (χ0) is 17.1. The predicted octanol–water partition coefficient (Wildman–Crippen LogP) is 3.44. The van der Waals surface area contributed by atoms with E-state index in [-0.39, 0.29) is 29.4 Å². The van der Waals surface area contributed by atoms with Crippen molar-refractivity contribution in [2.45, 2.75) is 38.7 Å². The fourth-order valence-corrected chi connectivity index (χ4v) is 2.72. The maximum atomic E-state index is 12.0. The molecule has 8 nitrogen and oxygen atoms in total. The molecule has 0 unspecified atom stereocenters. The van der Waals surface area contributed by atoms with Crippen LogP contribution in [0, 0.1) is 16.0 Å². The highest BCUT2D eigenvalue weighted by molar-refractivity contribution is 5.72. The highest BCUT2D eigenvalue weighted by Crippen LogP contribution is 2.29. The zero-order valence-electron chi connectivity index (χ0n) is 13.2. The maximum absolute atomic E-state index is 12.0. The van der Waals surface area contributed by atoms with E-state index < -0.39 is 11.0 Å². The fraction of sp³-hybridized carbons (Fsp3) is 0.438. The third-order valence-electron chi connectivity index (χ3n) is 4.09. The van der Waals surface area contributed by atoms with E-state index in [1.54, 1.807) is 6.92 Å². The molecule has 24 heavy (non-hydrogen) atoms. The minimum absolute atomic E-state index is 0.0163. The number of rotatable bonds is 5. The van der Waals surface area contributed by atoms with Crippen LogP contribution in [0.2, 0.25) is 0 Å². The molecule has 126 valence electrons. The summed E-state index contributed by atoms with van der Waals surface area (Å²) in [7, 11) is 0. The Kier molecular flexibility index (Phi) is 4.54. The molecule has 0 amide bonds. The standard InChI is InChI=1S/C16H17N3O5/c1-10(23-16(20)12-4-2-3-5-12)14-17-18-15(24-14)11-6-8-13(9-7-11)19(21)22/h6-10,12H,2-5H2,1H3/t10-/m0/s1. The van der Waals surface area contributed by atoms with Crippen molar-refractivity contribution in [2.24, 2.45) is 5.92 Å². The lowest BCUT2D eigenvalue weighted by Gasteiger charge is -2.13. The van der Waals surface area contributed by atoms with Gasteiger partial charge in [-0.05, 0) is 31.9 Å². The van der Waals surface area contributed by atoms with E-state index in [1.807, 2.05) is 0 Å². The van der Waals surface area contributed by atoms with Gasteiger partial charge in [0.05, 0.1) is 10.8 Å². The Balaban J connectivity index is 1.67. The summed E-state index contributed by atoms with van der Waals surface area (Å²) in [5.41, 5.74) is 0.547. The number of hydrogen-bond acceptors (Lipinski definition) is 7. The van der Waals surface area contributed by atoms with Gasteiger partial charge in [-0.1, -0.05) is 12.8 Å². The van der Waals surface area contributed by atoms with Gasteiger partial charge in [0.15, 0.2) is 6.10 Å². The highest BCUT2D eigenvalue weighted by atomic mass is 16.6. The normalized spacial score (nSPS) is 16.0. The van der Waals surface area contributed by atoms with Gasteiger partial charge in [-0.2, -0.15) is 0 Å². The second-order valence-electron chi connectivity index (χ2n) is 5.81. The third-order valence-corrected chi connectivity index (χ3v) is 4.09. The van der Waals surface area contributed by atoms with Crippen molar-refractivity contribution in [1.82, 2.24) is 10.2 Å². The van der Waals surface area contributed by atoms with Crippen LogP contribution in [-0.2, 0) is 9.53 Å². The van der Waals surface area contributed by atoms with Crippen molar-refractivity contribution >= 4 is 11.7 Å². The molecule has 0 radical (unpaired) electrons. The summed E-state index contributed by atoms with van der Waals surface area (Å²) in [5, 5.41) is 18.5. The van der Waals surface area contributed by atoms with Crippen LogP contribution in [0.15, 0.2) is 28.7 Å². The first-order chi connectivity index (χ1) is 11.5. The first-order valence-electron chi connectivity index (χ1n) is 7.83. The number of aromatic nitrogens is 2. The lowest BCUT2D eigenvalue weighted by Crippen LogP contribution is -2.17. The quantitative estimate of drug-likeness (QED) is 0.469. The van der Waals surface area contributed by atoms with Gasteiger partial charge in [-0.3, -0.25) is 14.9 Å². The average molecular weight is 331 g/mol. The van der Waals surface area contributed by atoms with E-state index in [0.29, 0.717) is 5.56 Å². The zero-order valence-corrected chi connectivity index (χ0v) is 13.2. The highest BCUT2D eigenvalue weighted by Gasteiger charge is 2.27. The Labute approximate surface area is 138 Å². The Hall–Kier alpha value is -2.77. The molecular weight excluding hydrogens is 314 g/mol. The molecule has 1 heterocycles. The van der Waals surface area contributed by atoms with Gasteiger partial charge in [-0.25, -0.2) is 0 Å². The lowest BCUT2D eigenvalue weighted by molar-refractivity contribution is -0.384. The Morgan fingerprint density at radius 3 is 2.58 bits per heavy atom. The second-order valence-corrected chi connectivity index (χ2v) is 5.81. The molecule has 1 aliphatic carbocycles. The van der Waals surface area contributed by atoms with Gasteiger partial charge >= 0.3 is 5.97 Å². The van der Waals surface area contributed by atoms with Crippen molar-refractivity contribution in [3.63, 3.8) is 0 Å². The monoisotopic (exact) mass is 331 g/mol. The van der Waals surface area contributed by atoms with E-state index in [9.17, 15) is 14.9 Å². The van der Waals surface area contributed by atoms with Gasteiger partial charge in [-0.15, -0.1) is 10.2 Å². The molecule has 1 aromatic carbocycles. The first kappa shape index (κ1) is 16.1. The van der Waals surface area contributed by atoms with Crippen LogP contribution in [0.4, 0.5) is 5.69 Å². The topological polar surface area (TPSA) is 108 Å². The molecule has 0 bridgehead atoms. The van der Waals surface area contributed by atoms with Gasteiger partial charge in [0.1, 0.15) is 0 Å².